The maximum absolute atomic E-state index is 11.7. The lowest BCUT2D eigenvalue weighted by molar-refractivity contribution is -0.126. The summed E-state index contributed by atoms with van der Waals surface area (Å²) >= 11 is 0. The van der Waals surface area contributed by atoms with Gasteiger partial charge < -0.3 is 15.2 Å². The fraction of sp³-hybridized carbons (Fsp3) is 0.562. The lowest BCUT2D eigenvalue weighted by Crippen LogP contribution is -2.40. The molecule has 0 aromatic heterocycles. The van der Waals surface area contributed by atoms with Crippen molar-refractivity contribution < 1.29 is 14.6 Å². The maximum atomic E-state index is 11.7. The molecule has 1 aromatic rings. The highest BCUT2D eigenvalue weighted by Crippen LogP contribution is 2.18. The number of amides is 1. The van der Waals surface area contributed by atoms with Crippen LogP contribution in [0.4, 0.5) is 0 Å². The van der Waals surface area contributed by atoms with Gasteiger partial charge in [-0.15, -0.1) is 0 Å². The largest absolute Gasteiger partial charge is 0.393 e. The van der Waals surface area contributed by atoms with E-state index >= 15 is 0 Å². The molecule has 1 aliphatic carbocycles. The van der Waals surface area contributed by atoms with Crippen LogP contribution in [-0.4, -0.2) is 36.4 Å². The first kappa shape index (κ1) is 15.0. The van der Waals surface area contributed by atoms with Gasteiger partial charge in [0.1, 0.15) is 6.61 Å². The van der Waals surface area contributed by atoms with Crippen molar-refractivity contribution in [3.63, 3.8) is 0 Å². The van der Waals surface area contributed by atoms with E-state index in [-0.39, 0.29) is 24.7 Å². The fourth-order valence-corrected chi connectivity index (χ4v) is 2.49. The minimum atomic E-state index is -0.190. The first-order valence-electron chi connectivity index (χ1n) is 7.33. The van der Waals surface area contributed by atoms with Crippen LogP contribution >= 0.6 is 0 Å². The van der Waals surface area contributed by atoms with Gasteiger partial charge in [-0.1, -0.05) is 30.3 Å². The fourth-order valence-electron chi connectivity index (χ4n) is 2.49. The number of ether oxygens (including phenoxy) is 1. The van der Waals surface area contributed by atoms with Crippen molar-refractivity contribution in [3.05, 3.63) is 35.9 Å². The van der Waals surface area contributed by atoms with Gasteiger partial charge in [-0.2, -0.15) is 0 Å². The molecular formula is C16H23NO3. The molecule has 2 rings (SSSR count). The zero-order valence-corrected chi connectivity index (χ0v) is 11.8. The third-order valence-electron chi connectivity index (χ3n) is 3.67. The van der Waals surface area contributed by atoms with Crippen LogP contribution < -0.4 is 5.32 Å². The number of rotatable bonds is 6. The molecule has 0 heterocycles. The quantitative estimate of drug-likeness (QED) is 0.778. The molecule has 1 saturated carbocycles. The Morgan fingerprint density at radius 1 is 1.20 bits per heavy atom. The van der Waals surface area contributed by atoms with Gasteiger partial charge in [-0.3, -0.25) is 4.79 Å². The second kappa shape index (κ2) is 8.02. The molecule has 1 fully saturated rings. The SMILES string of the molecule is O=C(COCCc1ccccc1)NC1CCC(O)CC1. The van der Waals surface area contributed by atoms with Crippen LogP contribution in [0, 0.1) is 0 Å². The third-order valence-corrected chi connectivity index (χ3v) is 3.67. The molecule has 110 valence electrons. The normalized spacial score (nSPS) is 22.4. The number of aliphatic hydroxyl groups excluding tert-OH is 1. The molecule has 0 saturated heterocycles. The van der Waals surface area contributed by atoms with E-state index in [9.17, 15) is 9.90 Å². The maximum Gasteiger partial charge on any atom is 0.246 e. The van der Waals surface area contributed by atoms with Crippen molar-refractivity contribution in [2.75, 3.05) is 13.2 Å². The number of carbonyl (C=O) groups excluding carboxylic acids is 1. The van der Waals surface area contributed by atoms with Crippen molar-refractivity contribution in [2.45, 2.75) is 44.2 Å². The molecule has 0 atom stereocenters. The summed E-state index contributed by atoms with van der Waals surface area (Å²) < 4.78 is 5.40. The highest BCUT2D eigenvalue weighted by atomic mass is 16.5. The monoisotopic (exact) mass is 277 g/mol. The summed E-state index contributed by atoms with van der Waals surface area (Å²) in [7, 11) is 0. The molecule has 1 aromatic carbocycles. The molecule has 4 heteroatoms. The summed E-state index contributed by atoms with van der Waals surface area (Å²) in [5, 5.41) is 12.4. The lowest BCUT2D eigenvalue weighted by atomic mass is 9.93. The number of benzene rings is 1. The van der Waals surface area contributed by atoms with E-state index in [0.717, 1.165) is 32.1 Å². The van der Waals surface area contributed by atoms with Crippen molar-refractivity contribution in [3.8, 4) is 0 Å². The molecule has 20 heavy (non-hydrogen) atoms. The Morgan fingerprint density at radius 2 is 1.90 bits per heavy atom. The molecule has 4 nitrogen and oxygen atoms in total. The highest BCUT2D eigenvalue weighted by molar-refractivity contribution is 5.77. The van der Waals surface area contributed by atoms with Crippen LogP contribution in [0.3, 0.4) is 0 Å². The predicted octanol–water partition coefficient (Wildman–Crippen LogP) is 1.67. The van der Waals surface area contributed by atoms with Gasteiger partial charge in [0.15, 0.2) is 0 Å². The highest BCUT2D eigenvalue weighted by Gasteiger charge is 2.20. The smallest absolute Gasteiger partial charge is 0.246 e. The van der Waals surface area contributed by atoms with Crippen LogP contribution in [0.1, 0.15) is 31.2 Å². The first-order chi connectivity index (χ1) is 9.74. The third kappa shape index (κ3) is 5.31. The van der Waals surface area contributed by atoms with E-state index in [0.29, 0.717) is 6.61 Å². The van der Waals surface area contributed by atoms with E-state index in [1.807, 2.05) is 18.2 Å². The Morgan fingerprint density at radius 3 is 2.60 bits per heavy atom. The zero-order chi connectivity index (χ0) is 14.2. The topological polar surface area (TPSA) is 58.6 Å². The minimum absolute atomic E-state index is 0.0561. The van der Waals surface area contributed by atoms with Gasteiger partial charge in [0.25, 0.3) is 0 Å². The molecule has 2 N–H and O–H groups in total. The summed E-state index contributed by atoms with van der Waals surface area (Å²) in [5.41, 5.74) is 1.22. The molecule has 0 bridgehead atoms. The van der Waals surface area contributed by atoms with Crippen LogP contribution in [0.5, 0.6) is 0 Å². The summed E-state index contributed by atoms with van der Waals surface area (Å²) in [4.78, 5) is 11.7. The molecule has 1 aliphatic rings. The Labute approximate surface area is 120 Å². The van der Waals surface area contributed by atoms with Gasteiger partial charge in [-0.25, -0.2) is 0 Å². The molecule has 1 amide bonds. The molecule has 0 aliphatic heterocycles. The average molecular weight is 277 g/mol. The van der Waals surface area contributed by atoms with Gasteiger partial charge in [0.2, 0.25) is 5.91 Å². The van der Waals surface area contributed by atoms with Gasteiger partial charge in [0, 0.05) is 6.04 Å². The van der Waals surface area contributed by atoms with E-state index in [1.165, 1.54) is 5.56 Å². The van der Waals surface area contributed by atoms with E-state index < -0.39 is 0 Å². The molecular weight excluding hydrogens is 254 g/mol. The number of nitrogens with one attached hydrogen (secondary N) is 1. The Balaban J connectivity index is 1.56. The summed E-state index contributed by atoms with van der Waals surface area (Å²) in [6.07, 6.45) is 3.90. The van der Waals surface area contributed by atoms with E-state index in [4.69, 9.17) is 4.74 Å². The lowest BCUT2D eigenvalue weighted by Gasteiger charge is -2.26. The Kier molecular flexibility index (Phi) is 6.02. The summed E-state index contributed by atoms with van der Waals surface area (Å²) in [6, 6.07) is 10.3. The zero-order valence-electron chi connectivity index (χ0n) is 11.8. The van der Waals surface area contributed by atoms with Gasteiger partial charge in [0.05, 0.1) is 12.7 Å². The van der Waals surface area contributed by atoms with Crippen LogP contribution in [0.25, 0.3) is 0 Å². The van der Waals surface area contributed by atoms with Crippen LogP contribution in [-0.2, 0) is 16.0 Å². The number of carbonyl (C=O) groups is 1. The predicted molar refractivity (Wildman–Crippen MR) is 77.4 cm³/mol. The van der Waals surface area contributed by atoms with Crippen molar-refractivity contribution in [2.24, 2.45) is 0 Å². The molecule has 0 unspecified atom stereocenters. The Bertz CT molecular complexity index is 399. The molecule has 0 radical (unpaired) electrons. The van der Waals surface area contributed by atoms with Crippen LogP contribution in [0.15, 0.2) is 30.3 Å². The number of hydrogen-bond acceptors (Lipinski definition) is 3. The average Bonchev–Trinajstić information content (AvgIpc) is 2.47. The van der Waals surface area contributed by atoms with Crippen LogP contribution in [0.2, 0.25) is 0 Å². The van der Waals surface area contributed by atoms with E-state index in [1.54, 1.807) is 0 Å². The number of hydrogen-bond donors (Lipinski definition) is 2. The summed E-state index contributed by atoms with van der Waals surface area (Å²) in [5.74, 6) is -0.0561. The second-order valence-corrected chi connectivity index (χ2v) is 5.36. The van der Waals surface area contributed by atoms with Crippen molar-refractivity contribution in [1.82, 2.24) is 5.32 Å². The first-order valence-corrected chi connectivity index (χ1v) is 7.33. The van der Waals surface area contributed by atoms with Crippen molar-refractivity contribution in [1.29, 1.82) is 0 Å². The van der Waals surface area contributed by atoms with Crippen molar-refractivity contribution >= 4 is 5.91 Å². The van der Waals surface area contributed by atoms with E-state index in [2.05, 4.69) is 17.4 Å². The Hall–Kier alpha value is -1.39. The standard InChI is InChI=1S/C16H23NO3/c18-15-8-6-14(7-9-15)17-16(19)12-20-11-10-13-4-2-1-3-5-13/h1-5,14-15,18H,6-12H2,(H,17,19). The van der Waals surface area contributed by atoms with Gasteiger partial charge >= 0.3 is 0 Å². The van der Waals surface area contributed by atoms with Gasteiger partial charge in [-0.05, 0) is 37.7 Å². The second-order valence-electron chi connectivity index (χ2n) is 5.36. The summed E-state index contributed by atoms with van der Waals surface area (Å²) in [6.45, 7) is 0.673. The minimum Gasteiger partial charge on any atom is -0.393 e. The molecule has 0 spiro atoms. The number of aliphatic hydroxyl groups is 1.